The van der Waals surface area contributed by atoms with E-state index >= 15 is 0 Å². The smallest absolute Gasteiger partial charge is 0.338 e. The number of carbonyl (C=O) groups excluding carboxylic acids is 1. The zero-order chi connectivity index (χ0) is 26.0. The highest BCUT2D eigenvalue weighted by molar-refractivity contribution is 7.10. The summed E-state index contributed by atoms with van der Waals surface area (Å²) >= 11 is 0. The summed E-state index contributed by atoms with van der Waals surface area (Å²) in [6.07, 6.45) is 30.1. The summed E-state index contributed by atoms with van der Waals surface area (Å²) in [4.78, 5) is 12.7. The summed E-state index contributed by atoms with van der Waals surface area (Å²) in [5.41, 5.74) is -0.859. The van der Waals surface area contributed by atoms with Gasteiger partial charge in [0.2, 0.25) is 0 Å². The minimum absolute atomic E-state index is 0.156. The van der Waals surface area contributed by atoms with Crippen molar-refractivity contribution in [2.75, 3.05) is 6.61 Å². The first-order valence-electron chi connectivity index (χ1n) is 15.6. The normalized spacial score (nSPS) is 14.1. The molecule has 3 unspecified atom stereocenters. The Bertz CT molecular complexity index is 457. The lowest BCUT2D eigenvalue weighted by Crippen LogP contribution is -2.43. The maximum absolute atomic E-state index is 12.7. The number of ether oxygens (including phenoxy) is 1. The van der Waals surface area contributed by atoms with Crippen molar-refractivity contribution in [1.82, 2.24) is 0 Å². The van der Waals surface area contributed by atoms with Crippen LogP contribution in [0, 0.1) is 5.92 Å². The zero-order valence-electron chi connectivity index (χ0n) is 24.4. The number of carbonyl (C=O) groups is 1. The molecule has 0 rings (SSSR count). The molecule has 4 heteroatoms. The van der Waals surface area contributed by atoms with Gasteiger partial charge >= 0.3 is 5.97 Å². The maximum atomic E-state index is 12.7. The van der Waals surface area contributed by atoms with Gasteiger partial charge < -0.3 is 9.26 Å². The molecule has 0 N–H and O–H groups in total. The molecule has 0 aliphatic carbocycles. The molecule has 0 amide bonds. The van der Waals surface area contributed by atoms with Gasteiger partial charge in [-0.05, 0) is 25.7 Å². The van der Waals surface area contributed by atoms with Gasteiger partial charge in [-0.25, -0.2) is 4.79 Å². The fourth-order valence-corrected chi connectivity index (χ4v) is 5.16. The number of rotatable bonds is 27. The Labute approximate surface area is 222 Å². The number of unbranched alkanes of at least 4 members (excludes halogenated alkanes) is 20. The molecule has 210 valence electrons. The predicted molar refractivity (Wildman–Crippen MR) is 157 cm³/mol. The number of hydrogen-bond donors (Lipinski definition) is 0. The first-order chi connectivity index (χ1) is 17.0. The molecule has 0 spiro atoms. The van der Waals surface area contributed by atoms with E-state index in [0.29, 0.717) is 6.61 Å². The molecule has 0 saturated heterocycles. The highest BCUT2D eigenvalue weighted by Gasteiger charge is 2.40. The average Bonchev–Trinajstić information content (AvgIpc) is 2.87. The van der Waals surface area contributed by atoms with E-state index in [1.165, 1.54) is 122 Å². The molecular formula is C31H63O3P. The van der Waals surface area contributed by atoms with Gasteiger partial charge in [0.25, 0.3) is 0 Å². The largest absolute Gasteiger partial charge is 0.464 e. The third-order valence-electron chi connectivity index (χ3n) is 7.81. The Balaban J connectivity index is 3.71. The van der Waals surface area contributed by atoms with Crippen molar-refractivity contribution in [1.29, 1.82) is 0 Å². The third kappa shape index (κ3) is 19.6. The molecule has 35 heavy (non-hydrogen) atoms. The van der Waals surface area contributed by atoms with Crippen LogP contribution in [0.15, 0.2) is 0 Å². The molecule has 0 bridgehead atoms. The molecule has 0 aromatic carbocycles. The van der Waals surface area contributed by atoms with Crippen LogP contribution in [-0.2, 0) is 14.1 Å². The fraction of sp³-hybridized carbons (Fsp3) is 0.968. The summed E-state index contributed by atoms with van der Waals surface area (Å²) in [6.45, 7) is 9.08. The zero-order valence-corrected chi connectivity index (χ0v) is 25.5. The molecule has 0 radical (unpaired) electrons. The van der Waals surface area contributed by atoms with Crippen molar-refractivity contribution >= 4 is 15.4 Å². The molecule has 0 aromatic heterocycles. The average molecular weight is 515 g/mol. The summed E-state index contributed by atoms with van der Waals surface area (Å²) in [6, 6.07) is 0. The third-order valence-corrected chi connectivity index (χ3v) is 8.30. The molecule has 0 aliphatic heterocycles. The van der Waals surface area contributed by atoms with Gasteiger partial charge in [0.05, 0.1) is 6.61 Å². The van der Waals surface area contributed by atoms with Crippen molar-refractivity contribution in [2.45, 2.75) is 181 Å². The van der Waals surface area contributed by atoms with Gasteiger partial charge in [0.1, 0.15) is 0 Å². The minimum Gasteiger partial charge on any atom is -0.464 e. The van der Waals surface area contributed by atoms with E-state index in [9.17, 15) is 4.79 Å². The molecule has 0 aromatic rings. The molecule has 3 atom stereocenters. The van der Waals surface area contributed by atoms with E-state index in [0.717, 1.165) is 25.7 Å². The van der Waals surface area contributed by atoms with Crippen molar-refractivity contribution in [3.05, 3.63) is 0 Å². The van der Waals surface area contributed by atoms with E-state index in [2.05, 4.69) is 30.2 Å². The van der Waals surface area contributed by atoms with Crippen molar-refractivity contribution in [3.8, 4) is 0 Å². The molecule has 0 fully saturated rings. The van der Waals surface area contributed by atoms with Crippen LogP contribution < -0.4 is 0 Å². The van der Waals surface area contributed by atoms with Crippen LogP contribution in [0.4, 0.5) is 0 Å². The number of esters is 1. The second kappa shape index (κ2) is 25.5. The highest BCUT2D eigenvalue weighted by Crippen LogP contribution is 2.30. The Morgan fingerprint density at radius 2 is 0.971 bits per heavy atom. The van der Waals surface area contributed by atoms with Crippen LogP contribution in [0.25, 0.3) is 0 Å². The Morgan fingerprint density at radius 1 is 0.629 bits per heavy atom. The van der Waals surface area contributed by atoms with Crippen LogP contribution in [0.2, 0.25) is 0 Å². The van der Waals surface area contributed by atoms with Crippen LogP contribution in [-0.4, -0.2) is 18.2 Å². The maximum Gasteiger partial charge on any atom is 0.338 e. The molecule has 0 heterocycles. The van der Waals surface area contributed by atoms with Crippen molar-refractivity contribution < 1.29 is 14.1 Å². The van der Waals surface area contributed by atoms with E-state index in [-0.39, 0.29) is 11.9 Å². The monoisotopic (exact) mass is 514 g/mol. The summed E-state index contributed by atoms with van der Waals surface area (Å²) in [5, 5.41) is 0. The second-order valence-electron chi connectivity index (χ2n) is 11.1. The Morgan fingerprint density at radius 3 is 1.34 bits per heavy atom. The van der Waals surface area contributed by atoms with Crippen LogP contribution >= 0.6 is 9.47 Å². The molecule has 0 saturated carbocycles. The van der Waals surface area contributed by atoms with E-state index < -0.39 is 5.60 Å². The molecule has 0 aliphatic rings. The SMILES string of the molecule is CCCCCCCCCCCCCCCCOC(=O)C(C)(OP)C(C)CCCCCCCCCC. The van der Waals surface area contributed by atoms with E-state index in [4.69, 9.17) is 9.26 Å². The van der Waals surface area contributed by atoms with Gasteiger partial charge in [0.15, 0.2) is 5.60 Å². The van der Waals surface area contributed by atoms with Gasteiger partial charge in [0, 0.05) is 9.47 Å². The molecular weight excluding hydrogens is 451 g/mol. The molecule has 3 nitrogen and oxygen atoms in total. The lowest BCUT2D eigenvalue weighted by atomic mass is 9.86. The van der Waals surface area contributed by atoms with Gasteiger partial charge in [-0.15, -0.1) is 0 Å². The second-order valence-corrected chi connectivity index (χ2v) is 11.4. The lowest BCUT2D eigenvalue weighted by molar-refractivity contribution is -0.164. The minimum atomic E-state index is -0.859. The summed E-state index contributed by atoms with van der Waals surface area (Å²) in [7, 11) is 2.30. The highest BCUT2D eigenvalue weighted by atomic mass is 31.0. The lowest BCUT2D eigenvalue weighted by Gasteiger charge is -2.31. The first-order valence-corrected chi connectivity index (χ1v) is 16.0. The van der Waals surface area contributed by atoms with E-state index in [1.54, 1.807) is 0 Å². The van der Waals surface area contributed by atoms with Crippen molar-refractivity contribution in [2.24, 2.45) is 5.92 Å². The summed E-state index contributed by atoms with van der Waals surface area (Å²) in [5.74, 6) is -0.0433. The van der Waals surface area contributed by atoms with E-state index in [1.807, 2.05) is 6.92 Å². The standard InChI is InChI=1S/C31H63O3P/c1-5-7-9-11-13-15-16-17-18-19-20-22-24-26-28-33-30(32)31(4,34-35)29(3)27-25-23-21-14-12-10-8-6-2/h29H,5-28,35H2,1-4H3. The quantitative estimate of drug-likeness (QED) is 0.0621. The van der Waals surface area contributed by atoms with Crippen LogP contribution in [0.1, 0.15) is 175 Å². The Kier molecular flexibility index (Phi) is 25.4. The Hall–Kier alpha value is -0.140. The topological polar surface area (TPSA) is 35.5 Å². The fourth-order valence-electron chi connectivity index (χ4n) is 4.83. The van der Waals surface area contributed by atoms with Crippen LogP contribution in [0.3, 0.4) is 0 Å². The first kappa shape index (κ1) is 34.9. The van der Waals surface area contributed by atoms with Gasteiger partial charge in [-0.2, -0.15) is 0 Å². The summed E-state index contributed by atoms with van der Waals surface area (Å²) < 4.78 is 11.2. The van der Waals surface area contributed by atoms with Crippen LogP contribution in [0.5, 0.6) is 0 Å². The van der Waals surface area contributed by atoms with Gasteiger partial charge in [-0.1, -0.05) is 156 Å². The predicted octanol–water partition coefficient (Wildman–Crippen LogP) is 10.7. The number of hydrogen-bond acceptors (Lipinski definition) is 3. The van der Waals surface area contributed by atoms with Crippen molar-refractivity contribution in [3.63, 3.8) is 0 Å². The van der Waals surface area contributed by atoms with Gasteiger partial charge in [-0.3, -0.25) is 0 Å².